The second-order valence-electron chi connectivity index (χ2n) is 10.3. The normalized spacial score (nSPS) is 14.4. The number of benzene rings is 2. The summed E-state index contributed by atoms with van der Waals surface area (Å²) in [6, 6.07) is 12.6. The highest BCUT2D eigenvalue weighted by atomic mass is 19.1. The van der Waals surface area contributed by atoms with Crippen LogP contribution in [0.5, 0.6) is 5.75 Å². The molecule has 0 radical (unpaired) electrons. The fourth-order valence-corrected chi connectivity index (χ4v) is 4.70. The zero-order valence-electron chi connectivity index (χ0n) is 23.4. The van der Waals surface area contributed by atoms with E-state index >= 15 is 0 Å². The molecule has 1 fully saturated rings. The molecule has 3 aromatic rings. The van der Waals surface area contributed by atoms with E-state index in [1.54, 1.807) is 12.3 Å². The number of aromatic hydroxyl groups is 1. The number of anilines is 4. The summed E-state index contributed by atoms with van der Waals surface area (Å²) < 4.78 is 15.7. The largest absolute Gasteiger partial charge is 0.505 e. The molecule has 0 atom stereocenters. The van der Waals surface area contributed by atoms with E-state index in [0.717, 1.165) is 62.5 Å². The predicted octanol–water partition coefficient (Wildman–Crippen LogP) is 6.15. The van der Waals surface area contributed by atoms with E-state index < -0.39 is 11.6 Å². The van der Waals surface area contributed by atoms with E-state index in [-0.39, 0.29) is 6.04 Å². The first-order chi connectivity index (χ1) is 18.7. The molecule has 0 bridgehead atoms. The first-order valence-electron chi connectivity index (χ1n) is 13.6. The van der Waals surface area contributed by atoms with Gasteiger partial charge in [0.15, 0.2) is 11.6 Å². The molecule has 0 aliphatic carbocycles. The monoisotopic (exact) mass is 533 g/mol. The first kappa shape index (κ1) is 28.2. The van der Waals surface area contributed by atoms with Crippen molar-refractivity contribution in [1.82, 2.24) is 14.5 Å². The van der Waals surface area contributed by atoms with Crippen LogP contribution in [0, 0.1) is 5.82 Å². The van der Waals surface area contributed by atoms with Gasteiger partial charge in [-0.3, -0.25) is 0 Å². The van der Waals surface area contributed by atoms with Crippen molar-refractivity contribution in [2.75, 3.05) is 48.8 Å². The number of likely N-dealkylation sites (N-methyl/N-ethyl adjacent to an activating group) is 1. The molecule has 8 nitrogen and oxygen atoms in total. The van der Waals surface area contributed by atoms with Crippen molar-refractivity contribution in [1.29, 1.82) is 0 Å². The van der Waals surface area contributed by atoms with E-state index in [1.165, 1.54) is 17.8 Å². The number of nitrogens with one attached hydrogen (secondary N) is 2. The summed E-state index contributed by atoms with van der Waals surface area (Å²) in [7, 11) is 2.16. The van der Waals surface area contributed by atoms with Crippen LogP contribution in [0.1, 0.15) is 51.0 Å². The molecule has 4 rings (SSSR count). The van der Waals surface area contributed by atoms with Crippen molar-refractivity contribution in [2.45, 2.75) is 46.1 Å². The van der Waals surface area contributed by atoms with Crippen LogP contribution in [0.15, 0.2) is 59.9 Å². The van der Waals surface area contributed by atoms with Crippen LogP contribution in [0.3, 0.4) is 0 Å². The highest BCUT2D eigenvalue weighted by molar-refractivity contribution is 5.81. The SMILES string of the molecule is C=C(/N=C\c1nc(Nc2ccc(F)c(O)c2)n(C(C)C)c1CCCC)Nc1ccc(N2CCN(C)CC2)cc1. The summed E-state index contributed by atoms with van der Waals surface area (Å²) in [5, 5.41) is 16.3. The average molecular weight is 534 g/mol. The number of phenolic OH excluding ortho intramolecular Hbond substituents is 1. The molecule has 2 aromatic carbocycles. The lowest BCUT2D eigenvalue weighted by molar-refractivity contribution is 0.313. The average Bonchev–Trinajstić information content (AvgIpc) is 3.26. The minimum absolute atomic E-state index is 0.128. The minimum atomic E-state index is -0.663. The Hall–Kier alpha value is -3.85. The fourth-order valence-electron chi connectivity index (χ4n) is 4.70. The predicted molar refractivity (Wildman–Crippen MR) is 159 cm³/mol. The molecule has 208 valence electrons. The standard InChI is InChI=1S/C30H40FN7O/c1-6-7-8-28-27(35-30(38(28)21(2)3)34-24-11-14-26(31)29(39)19-24)20-32-22(4)33-23-9-12-25(13-10-23)37-17-15-36(5)16-18-37/h9-14,19-21,33,39H,4,6-8,15-18H2,1-3,5H3,(H,34,35)/b32-20-. The van der Waals surface area contributed by atoms with Crippen molar-refractivity contribution >= 4 is 29.2 Å². The third-order valence-electron chi connectivity index (χ3n) is 6.89. The van der Waals surface area contributed by atoms with E-state index in [1.807, 2.05) is 0 Å². The molecule has 0 spiro atoms. The second-order valence-corrected chi connectivity index (χ2v) is 10.3. The smallest absolute Gasteiger partial charge is 0.208 e. The third-order valence-corrected chi connectivity index (χ3v) is 6.89. The van der Waals surface area contributed by atoms with Gasteiger partial charge in [0.2, 0.25) is 5.95 Å². The van der Waals surface area contributed by atoms with Crippen LogP contribution in [-0.4, -0.2) is 59.0 Å². The Bertz CT molecular complexity index is 1290. The Morgan fingerprint density at radius 2 is 1.82 bits per heavy atom. The van der Waals surface area contributed by atoms with Crippen LogP contribution in [0.2, 0.25) is 0 Å². The molecular weight excluding hydrogens is 493 g/mol. The topological polar surface area (TPSA) is 80.9 Å². The highest BCUT2D eigenvalue weighted by Gasteiger charge is 2.19. The number of imidazole rings is 1. The van der Waals surface area contributed by atoms with Gasteiger partial charge >= 0.3 is 0 Å². The van der Waals surface area contributed by atoms with Gasteiger partial charge in [0.1, 0.15) is 11.5 Å². The molecule has 1 aliphatic heterocycles. The van der Waals surface area contributed by atoms with E-state index in [9.17, 15) is 9.50 Å². The van der Waals surface area contributed by atoms with E-state index in [4.69, 9.17) is 4.98 Å². The van der Waals surface area contributed by atoms with Crippen LogP contribution in [-0.2, 0) is 6.42 Å². The minimum Gasteiger partial charge on any atom is -0.505 e. The Labute approximate surface area is 230 Å². The molecule has 0 amide bonds. The van der Waals surface area contributed by atoms with Crippen molar-refractivity contribution in [3.05, 3.63) is 72.1 Å². The lowest BCUT2D eigenvalue weighted by Crippen LogP contribution is -2.44. The van der Waals surface area contributed by atoms with Crippen molar-refractivity contribution in [2.24, 2.45) is 4.99 Å². The number of hydrogen-bond acceptors (Lipinski definition) is 7. The molecule has 9 heteroatoms. The number of piperazine rings is 1. The van der Waals surface area contributed by atoms with Crippen molar-refractivity contribution in [3.63, 3.8) is 0 Å². The second kappa shape index (κ2) is 12.8. The number of phenols is 1. The first-order valence-corrected chi connectivity index (χ1v) is 13.6. The van der Waals surface area contributed by atoms with Crippen LogP contribution in [0.25, 0.3) is 0 Å². The lowest BCUT2D eigenvalue weighted by atomic mass is 10.1. The summed E-state index contributed by atoms with van der Waals surface area (Å²) in [5.74, 6) is 0.0567. The van der Waals surface area contributed by atoms with Crippen LogP contribution >= 0.6 is 0 Å². The fraction of sp³-hybridized carbons (Fsp3) is 0.400. The van der Waals surface area contributed by atoms with Gasteiger partial charge < -0.3 is 30.1 Å². The van der Waals surface area contributed by atoms with Crippen molar-refractivity contribution in [3.8, 4) is 5.75 Å². The quantitative estimate of drug-likeness (QED) is 0.257. The van der Waals surface area contributed by atoms with Gasteiger partial charge in [-0.1, -0.05) is 19.9 Å². The molecule has 1 aromatic heterocycles. The molecule has 1 saturated heterocycles. The Morgan fingerprint density at radius 1 is 1.13 bits per heavy atom. The summed E-state index contributed by atoms with van der Waals surface area (Å²) in [6.07, 6.45) is 4.64. The van der Waals surface area contributed by atoms with Gasteiger partial charge in [0.05, 0.1) is 6.21 Å². The summed E-state index contributed by atoms with van der Waals surface area (Å²) in [5.41, 5.74) is 4.51. The molecular formula is C30H40FN7O. The van der Waals surface area contributed by atoms with E-state index in [0.29, 0.717) is 17.5 Å². The number of rotatable bonds is 11. The number of nitrogens with zero attached hydrogens (tertiary/aromatic N) is 5. The number of unbranched alkanes of at least 4 members (excludes halogenated alkanes) is 1. The number of aromatic nitrogens is 2. The van der Waals surface area contributed by atoms with Gasteiger partial charge in [-0.15, -0.1) is 0 Å². The lowest BCUT2D eigenvalue weighted by Gasteiger charge is -2.34. The Morgan fingerprint density at radius 3 is 2.46 bits per heavy atom. The maximum Gasteiger partial charge on any atom is 0.208 e. The Balaban J connectivity index is 1.50. The molecule has 0 saturated carbocycles. The zero-order chi connectivity index (χ0) is 27.9. The molecule has 0 unspecified atom stereocenters. The van der Waals surface area contributed by atoms with Crippen LogP contribution < -0.4 is 15.5 Å². The zero-order valence-corrected chi connectivity index (χ0v) is 23.4. The molecule has 1 aliphatic rings. The molecule has 39 heavy (non-hydrogen) atoms. The number of halogens is 1. The Kier molecular flexibility index (Phi) is 9.24. The van der Waals surface area contributed by atoms with Gasteiger partial charge in [0, 0.05) is 61.0 Å². The molecule has 3 N–H and O–H groups in total. The maximum absolute atomic E-state index is 13.6. The third kappa shape index (κ3) is 7.17. The van der Waals surface area contributed by atoms with Gasteiger partial charge in [-0.25, -0.2) is 14.4 Å². The maximum atomic E-state index is 13.6. The summed E-state index contributed by atoms with van der Waals surface area (Å²) >= 11 is 0. The number of aliphatic imine (C=N–C) groups is 1. The highest BCUT2D eigenvalue weighted by Crippen LogP contribution is 2.28. The molecule has 2 heterocycles. The summed E-state index contributed by atoms with van der Waals surface area (Å²) in [6.45, 7) is 14.6. The van der Waals surface area contributed by atoms with Gasteiger partial charge in [-0.2, -0.15) is 0 Å². The summed E-state index contributed by atoms with van der Waals surface area (Å²) in [4.78, 5) is 14.2. The van der Waals surface area contributed by atoms with E-state index in [2.05, 4.69) is 88.7 Å². The van der Waals surface area contributed by atoms with Crippen molar-refractivity contribution < 1.29 is 9.50 Å². The van der Waals surface area contributed by atoms with Crippen LogP contribution in [0.4, 0.5) is 27.4 Å². The van der Waals surface area contributed by atoms with Gasteiger partial charge in [0.25, 0.3) is 0 Å². The van der Waals surface area contributed by atoms with Gasteiger partial charge in [-0.05, 0) is 70.1 Å². The number of hydrogen-bond donors (Lipinski definition) is 3.